The molecule has 1 N–H and O–H groups in total. The second kappa shape index (κ2) is 6.12. The van der Waals surface area contributed by atoms with Gasteiger partial charge in [0.1, 0.15) is 0 Å². The van der Waals surface area contributed by atoms with Crippen LogP contribution in [0.15, 0.2) is 35.2 Å². The van der Waals surface area contributed by atoms with Crippen LogP contribution in [-0.4, -0.2) is 26.9 Å². The molecule has 7 nitrogen and oxygen atoms in total. The number of carboxylic acid groups (broad SMARTS) is 2. The minimum Gasteiger partial charge on any atom is -0.549 e. The zero-order valence-electron chi connectivity index (χ0n) is 9.53. The third-order valence-corrected chi connectivity index (χ3v) is 3.43. The Morgan fingerprint density at radius 3 is 2.21 bits per heavy atom. The van der Waals surface area contributed by atoms with E-state index in [-0.39, 0.29) is 4.90 Å². The molecule has 0 unspecified atom stereocenters. The summed E-state index contributed by atoms with van der Waals surface area (Å²) in [7, 11) is -3.93. The van der Waals surface area contributed by atoms with Crippen molar-refractivity contribution in [3.8, 4) is 0 Å². The molecule has 0 atom stereocenters. The minimum absolute atomic E-state index is 0.139. The highest BCUT2D eigenvalue weighted by Crippen LogP contribution is 2.11. The molecule has 0 spiro atoms. The first kappa shape index (κ1) is 14.9. The van der Waals surface area contributed by atoms with Gasteiger partial charge in [-0.15, -0.1) is 0 Å². The molecule has 19 heavy (non-hydrogen) atoms. The summed E-state index contributed by atoms with van der Waals surface area (Å²) in [5, 5.41) is 20.4. The monoisotopic (exact) mass is 283 g/mol. The number of rotatable bonds is 6. The Labute approximate surface area is 109 Å². The van der Waals surface area contributed by atoms with Crippen molar-refractivity contribution in [2.75, 3.05) is 6.54 Å². The Morgan fingerprint density at radius 2 is 1.74 bits per heavy atom. The minimum atomic E-state index is -3.93. The second-order valence-electron chi connectivity index (χ2n) is 3.42. The normalized spacial score (nSPS) is 11.6. The summed E-state index contributed by atoms with van der Waals surface area (Å²) in [5.41, 5.74) is 0.461. The van der Waals surface area contributed by atoms with Crippen LogP contribution in [0, 0.1) is 0 Å². The first-order chi connectivity index (χ1) is 8.81. The van der Waals surface area contributed by atoms with Crippen LogP contribution in [0.2, 0.25) is 0 Å². The van der Waals surface area contributed by atoms with Gasteiger partial charge in [-0.3, -0.25) is 0 Å². The molecule has 0 aromatic heterocycles. The highest BCUT2D eigenvalue weighted by Gasteiger charge is 2.12. The number of carbonyl (C=O) groups is 2. The molecule has 1 rings (SSSR count). The molecule has 8 heteroatoms. The number of carbonyl (C=O) groups excluding carboxylic acids is 2. The van der Waals surface area contributed by atoms with Gasteiger partial charge in [0.15, 0.2) is 0 Å². The van der Waals surface area contributed by atoms with Crippen LogP contribution in [0.1, 0.15) is 5.56 Å². The zero-order chi connectivity index (χ0) is 14.5. The van der Waals surface area contributed by atoms with Gasteiger partial charge in [-0.1, -0.05) is 18.2 Å². The highest BCUT2D eigenvalue weighted by molar-refractivity contribution is 7.89. The van der Waals surface area contributed by atoms with E-state index < -0.39 is 28.5 Å². The predicted octanol–water partition coefficient (Wildman–Crippen LogP) is -2.52. The molecule has 0 saturated carbocycles. The van der Waals surface area contributed by atoms with E-state index in [1.165, 1.54) is 30.3 Å². The molecule has 0 amide bonds. The van der Waals surface area contributed by atoms with E-state index in [4.69, 9.17) is 0 Å². The number of hydrogen-bond acceptors (Lipinski definition) is 6. The Hall–Kier alpha value is -2.19. The fourth-order valence-corrected chi connectivity index (χ4v) is 2.13. The Bertz CT molecular complexity index is 603. The van der Waals surface area contributed by atoms with Gasteiger partial charge >= 0.3 is 0 Å². The maximum atomic E-state index is 11.6. The lowest BCUT2D eigenvalue weighted by Crippen LogP contribution is -2.37. The lowest BCUT2D eigenvalue weighted by Gasteiger charge is -2.07. The first-order valence-electron chi connectivity index (χ1n) is 5.00. The summed E-state index contributed by atoms with van der Waals surface area (Å²) in [4.78, 5) is 20.2. The number of aliphatic carboxylic acids is 2. The number of benzene rings is 1. The van der Waals surface area contributed by atoms with Crippen molar-refractivity contribution < 1.29 is 28.2 Å². The molecule has 1 aromatic rings. The first-order valence-corrected chi connectivity index (χ1v) is 6.48. The topological polar surface area (TPSA) is 126 Å². The lowest BCUT2D eigenvalue weighted by molar-refractivity contribution is -0.303. The number of nitrogens with one attached hydrogen (secondary N) is 1. The Balaban J connectivity index is 2.86. The van der Waals surface area contributed by atoms with Crippen LogP contribution < -0.4 is 14.9 Å². The lowest BCUT2D eigenvalue weighted by atomic mass is 10.2. The van der Waals surface area contributed by atoms with Crippen molar-refractivity contribution in [2.24, 2.45) is 0 Å². The highest BCUT2D eigenvalue weighted by atomic mass is 32.2. The largest absolute Gasteiger partial charge is 0.549 e. The summed E-state index contributed by atoms with van der Waals surface area (Å²) in [6.07, 6.45) is 2.04. The molecule has 0 saturated heterocycles. The number of carboxylic acids is 2. The van der Waals surface area contributed by atoms with Crippen molar-refractivity contribution in [2.45, 2.75) is 4.90 Å². The van der Waals surface area contributed by atoms with Gasteiger partial charge < -0.3 is 19.8 Å². The summed E-state index contributed by atoms with van der Waals surface area (Å²) < 4.78 is 25.0. The Morgan fingerprint density at radius 1 is 1.16 bits per heavy atom. The molecule has 1 aromatic carbocycles. The summed E-state index contributed by atoms with van der Waals surface area (Å²) >= 11 is 0. The van der Waals surface area contributed by atoms with E-state index in [0.29, 0.717) is 5.56 Å². The molecular weight excluding hydrogens is 274 g/mol. The Kier molecular flexibility index (Phi) is 4.79. The van der Waals surface area contributed by atoms with E-state index >= 15 is 0 Å². The molecule has 0 aliphatic rings. The van der Waals surface area contributed by atoms with E-state index in [1.807, 2.05) is 4.72 Å². The van der Waals surface area contributed by atoms with Crippen molar-refractivity contribution in [1.29, 1.82) is 0 Å². The van der Waals surface area contributed by atoms with E-state index in [9.17, 15) is 28.2 Å². The molecule has 0 bridgehead atoms. The van der Waals surface area contributed by atoms with Crippen LogP contribution in [0.5, 0.6) is 0 Å². The molecule has 0 fully saturated rings. The van der Waals surface area contributed by atoms with Gasteiger partial charge in [-0.2, -0.15) is 0 Å². The average Bonchev–Trinajstić information content (AvgIpc) is 2.34. The van der Waals surface area contributed by atoms with Crippen LogP contribution in [0.3, 0.4) is 0 Å². The van der Waals surface area contributed by atoms with Gasteiger partial charge in [-0.25, -0.2) is 13.1 Å². The van der Waals surface area contributed by atoms with Gasteiger partial charge in [0.05, 0.1) is 23.4 Å². The summed E-state index contributed by atoms with van der Waals surface area (Å²) in [6.45, 7) is -0.825. The number of hydrogen-bond donors (Lipinski definition) is 1. The third-order valence-electron chi connectivity index (χ3n) is 2.01. The maximum Gasteiger partial charge on any atom is 0.240 e. The van der Waals surface area contributed by atoms with Crippen LogP contribution >= 0.6 is 0 Å². The molecule has 102 valence electrons. The maximum absolute atomic E-state index is 11.6. The molecule has 0 aliphatic heterocycles. The van der Waals surface area contributed by atoms with E-state index in [1.54, 1.807) is 0 Å². The van der Waals surface area contributed by atoms with Crippen molar-refractivity contribution in [3.63, 3.8) is 0 Å². The zero-order valence-corrected chi connectivity index (χ0v) is 10.3. The standard InChI is InChI=1S/C11H11NO6S/c13-10(14)6-3-8-1-4-9(5-2-8)19(17,18)12-7-11(15)16/h1-6,12H,7H2,(H,13,14)(H,15,16)/p-2. The van der Waals surface area contributed by atoms with Crippen LogP contribution in [-0.2, 0) is 19.6 Å². The quantitative estimate of drug-likeness (QED) is 0.574. The van der Waals surface area contributed by atoms with Gasteiger partial charge in [0.2, 0.25) is 10.0 Å². The van der Waals surface area contributed by atoms with E-state index in [0.717, 1.165) is 6.08 Å². The van der Waals surface area contributed by atoms with Gasteiger partial charge in [-0.05, 0) is 23.8 Å². The molecular formula is C11H9NO6S-2. The van der Waals surface area contributed by atoms with Crippen LogP contribution in [0.25, 0.3) is 6.08 Å². The van der Waals surface area contributed by atoms with Crippen molar-refractivity contribution >= 4 is 28.0 Å². The smallest absolute Gasteiger partial charge is 0.240 e. The summed E-state index contributed by atoms with van der Waals surface area (Å²) in [6, 6.07) is 5.17. The van der Waals surface area contributed by atoms with Crippen LogP contribution in [0.4, 0.5) is 0 Å². The number of sulfonamides is 1. The molecule has 0 heterocycles. The molecule has 0 radical (unpaired) electrons. The van der Waals surface area contributed by atoms with Gasteiger partial charge in [0, 0.05) is 0 Å². The van der Waals surface area contributed by atoms with Gasteiger partial charge in [0.25, 0.3) is 0 Å². The van der Waals surface area contributed by atoms with Crippen molar-refractivity contribution in [1.82, 2.24) is 4.72 Å². The fourth-order valence-electron chi connectivity index (χ4n) is 1.16. The van der Waals surface area contributed by atoms with Crippen molar-refractivity contribution in [3.05, 3.63) is 35.9 Å². The SMILES string of the molecule is O=C([O-])C=Cc1ccc(S(=O)(=O)NCC(=O)[O-])cc1. The second-order valence-corrected chi connectivity index (χ2v) is 5.18. The average molecular weight is 283 g/mol. The fraction of sp³-hybridized carbons (Fsp3) is 0.0909. The third kappa shape index (κ3) is 4.90. The van der Waals surface area contributed by atoms with E-state index in [2.05, 4.69) is 0 Å². The summed E-state index contributed by atoms with van der Waals surface area (Å²) in [5.74, 6) is -2.91. The predicted molar refractivity (Wildman–Crippen MR) is 60.7 cm³/mol. The molecule has 0 aliphatic carbocycles.